The lowest BCUT2D eigenvalue weighted by Crippen LogP contribution is -2.17. The predicted molar refractivity (Wildman–Crippen MR) is 136 cm³/mol. The average Bonchev–Trinajstić information content (AvgIpc) is 3.26. The smallest absolute Gasteiger partial charge is 0.348 e. The van der Waals surface area contributed by atoms with Crippen molar-refractivity contribution in [2.24, 2.45) is 0 Å². The van der Waals surface area contributed by atoms with Gasteiger partial charge in [-0.1, -0.05) is 12.1 Å². The van der Waals surface area contributed by atoms with Crippen LogP contribution >= 0.6 is 0 Å². The van der Waals surface area contributed by atoms with E-state index in [0.29, 0.717) is 12.2 Å². The first-order chi connectivity index (χ1) is 17.1. The second-order valence-corrected chi connectivity index (χ2v) is 8.39. The van der Waals surface area contributed by atoms with E-state index in [9.17, 15) is 4.79 Å². The topological polar surface area (TPSA) is 93.5 Å². The minimum absolute atomic E-state index is 0.270. The molecule has 2 N–H and O–H groups in total. The van der Waals surface area contributed by atoms with Gasteiger partial charge in [0.05, 0.1) is 19.7 Å². The molecule has 0 saturated heterocycles. The van der Waals surface area contributed by atoms with E-state index in [1.807, 2.05) is 61.7 Å². The van der Waals surface area contributed by atoms with Gasteiger partial charge in [-0.3, -0.25) is 4.98 Å². The Morgan fingerprint density at radius 3 is 2.66 bits per heavy atom. The molecule has 0 saturated carbocycles. The van der Waals surface area contributed by atoms with Crippen LogP contribution in [0.1, 0.15) is 16.8 Å². The Morgan fingerprint density at radius 2 is 1.89 bits per heavy atom. The number of pyridine rings is 2. The number of ether oxygens (including phenoxy) is 2. The van der Waals surface area contributed by atoms with Crippen LogP contribution in [0.4, 0.5) is 0 Å². The molecule has 0 radical (unpaired) electrons. The number of aromatic nitrogens is 4. The van der Waals surface area contributed by atoms with Crippen LogP contribution in [0.5, 0.6) is 11.5 Å². The fourth-order valence-corrected chi connectivity index (χ4v) is 4.44. The zero-order valence-electron chi connectivity index (χ0n) is 20.0. The summed E-state index contributed by atoms with van der Waals surface area (Å²) in [6.45, 7) is 3.44. The molecule has 5 aromatic rings. The second-order valence-electron chi connectivity index (χ2n) is 8.39. The highest BCUT2D eigenvalue weighted by Crippen LogP contribution is 2.37. The third-order valence-corrected chi connectivity index (χ3v) is 6.22. The molecule has 8 heteroatoms. The van der Waals surface area contributed by atoms with Gasteiger partial charge in [0, 0.05) is 47.9 Å². The van der Waals surface area contributed by atoms with Gasteiger partial charge in [0.25, 0.3) is 0 Å². The van der Waals surface area contributed by atoms with Gasteiger partial charge in [0.15, 0.2) is 5.65 Å². The number of fused-ring (bicyclic) bond motifs is 3. The Labute approximate surface area is 202 Å². The third kappa shape index (κ3) is 4.36. The Bertz CT molecular complexity index is 1560. The molecule has 35 heavy (non-hydrogen) atoms. The zero-order valence-corrected chi connectivity index (χ0v) is 20.0. The molecule has 178 valence electrons. The van der Waals surface area contributed by atoms with Crippen molar-refractivity contribution in [1.82, 2.24) is 24.9 Å². The SMILES string of the molecule is COc1ccc(-c2cc3c(cc2OC)c(C)cc2n[nH]c(=O)n23)cc1CNCCc1ccccn1. The van der Waals surface area contributed by atoms with Crippen LogP contribution in [-0.4, -0.2) is 40.3 Å². The van der Waals surface area contributed by atoms with E-state index in [1.165, 1.54) is 0 Å². The van der Waals surface area contributed by atoms with E-state index >= 15 is 0 Å². The number of H-pyrrole nitrogens is 1. The van der Waals surface area contributed by atoms with Crippen molar-refractivity contribution in [2.45, 2.75) is 19.9 Å². The van der Waals surface area contributed by atoms with Gasteiger partial charge in [-0.15, -0.1) is 0 Å². The van der Waals surface area contributed by atoms with Crippen LogP contribution in [0.25, 0.3) is 27.7 Å². The van der Waals surface area contributed by atoms with Crippen LogP contribution in [0, 0.1) is 6.92 Å². The van der Waals surface area contributed by atoms with E-state index in [-0.39, 0.29) is 5.69 Å². The molecule has 0 amide bonds. The lowest BCUT2D eigenvalue weighted by Gasteiger charge is -2.16. The second kappa shape index (κ2) is 9.60. The van der Waals surface area contributed by atoms with Gasteiger partial charge in [-0.25, -0.2) is 14.3 Å². The summed E-state index contributed by atoms with van der Waals surface area (Å²) in [4.78, 5) is 16.9. The monoisotopic (exact) mass is 469 g/mol. The molecule has 0 aliphatic carbocycles. The van der Waals surface area contributed by atoms with Gasteiger partial charge in [-0.2, -0.15) is 5.10 Å². The zero-order chi connectivity index (χ0) is 24.4. The minimum atomic E-state index is -0.270. The molecule has 0 aliphatic heterocycles. The van der Waals surface area contributed by atoms with Crippen molar-refractivity contribution in [3.05, 3.63) is 88.1 Å². The molecular formula is C27H27N5O3. The molecule has 0 aliphatic rings. The first-order valence-electron chi connectivity index (χ1n) is 11.5. The summed E-state index contributed by atoms with van der Waals surface area (Å²) in [5.41, 5.74) is 6.05. The van der Waals surface area contributed by atoms with Gasteiger partial charge in [0.1, 0.15) is 11.5 Å². The Morgan fingerprint density at radius 1 is 1.03 bits per heavy atom. The minimum Gasteiger partial charge on any atom is -0.496 e. The first kappa shape index (κ1) is 22.6. The van der Waals surface area contributed by atoms with Crippen LogP contribution in [0.15, 0.2) is 65.6 Å². The van der Waals surface area contributed by atoms with Gasteiger partial charge in [-0.05, 0) is 60.5 Å². The van der Waals surface area contributed by atoms with Crippen molar-refractivity contribution in [3.63, 3.8) is 0 Å². The van der Waals surface area contributed by atoms with Gasteiger partial charge < -0.3 is 14.8 Å². The summed E-state index contributed by atoms with van der Waals surface area (Å²) >= 11 is 0. The standard InChI is InChI=1S/C27H27N5O3/c1-17-12-26-30-31-27(33)32(26)23-14-22(25(35-3)15-21(17)23)18-7-8-24(34-2)19(13-18)16-28-11-9-20-6-4-5-10-29-20/h4-8,10,12-15,28H,9,11,16H2,1-3H3,(H,31,33). The summed E-state index contributed by atoms with van der Waals surface area (Å²) in [6, 6.07) is 17.9. The molecule has 5 rings (SSSR count). The molecule has 0 bridgehead atoms. The molecule has 0 spiro atoms. The fourth-order valence-electron chi connectivity index (χ4n) is 4.44. The van der Waals surface area contributed by atoms with E-state index in [0.717, 1.165) is 63.3 Å². The lowest BCUT2D eigenvalue weighted by atomic mass is 9.98. The van der Waals surface area contributed by atoms with Crippen LogP contribution in [0.3, 0.4) is 0 Å². The van der Waals surface area contributed by atoms with Crippen molar-refractivity contribution >= 4 is 16.6 Å². The maximum Gasteiger partial charge on any atom is 0.348 e. The Hall–Kier alpha value is -4.17. The molecule has 3 aromatic heterocycles. The van der Waals surface area contributed by atoms with Crippen molar-refractivity contribution in [1.29, 1.82) is 0 Å². The molecule has 8 nitrogen and oxygen atoms in total. The van der Waals surface area contributed by atoms with Crippen LogP contribution < -0.4 is 20.5 Å². The number of benzene rings is 2. The lowest BCUT2D eigenvalue weighted by molar-refractivity contribution is 0.407. The fraction of sp³-hybridized carbons (Fsp3) is 0.222. The number of aryl methyl sites for hydroxylation is 1. The van der Waals surface area contributed by atoms with Crippen molar-refractivity contribution in [2.75, 3.05) is 20.8 Å². The largest absolute Gasteiger partial charge is 0.496 e. The molecule has 0 atom stereocenters. The number of aromatic amines is 1. The average molecular weight is 470 g/mol. The van der Waals surface area contributed by atoms with Crippen LogP contribution in [-0.2, 0) is 13.0 Å². The maximum absolute atomic E-state index is 12.5. The van der Waals surface area contributed by atoms with E-state index < -0.39 is 0 Å². The van der Waals surface area contributed by atoms with E-state index in [4.69, 9.17) is 9.47 Å². The highest BCUT2D eigenvalue weighted by molar-refractivity contribution is 5.92. The molecule has 0 fully saturated rings. The Kier molecular flexibility index (Phi) is 6.20. The summed E-state index contributed by atoms with van der Waals surface area (Å²) in [7, 11) is 3.33. The molecule has 0 unspecified atom stereocenters. The summed E-state index contributed by atoms with van der Waals surface area (Å²) < 4.78 is 13.0. The van der Waals surface area contributed by atoms with Gasteiger partial charge >= 0.3 is 5.69 Å². The maximum atomic E-state index is 12.5. The van der Waals surface area contributed by atoms with E-state index in [1.54, 1.807) is 18.6 Å². The highest BCUT2D eigenvalue weighted by Gasteiger charge is 2.15. The first-order valence-corrected chi connectivity index (χ1v) is 11.5. The molecule has 2 aromatic carbocycles. The summed E-state index contributed by atoms with van der Waals surface area (Å²) in [6.07, 6.45) is 2.65. The normalized spacial score (nSPS) is 11.3. The third-order valence-electron chi connectivity index (χ3n) is 6.22. The number of hydrogen-bond donors (Lipinski definition) is 2. The molecular weight excluding hydrogens is 442 g/mol. The van der Waals surface area contributed by atoms with E-state index in [2.05, 4.69) is 26.6 Å². The van der Waals surface area contributed by atoms with Crippen molar-refractivity contribution < 1.29 is 9.47 Å². The number of rotatable bonds is 8. The van der Waals surface area contributed by atoms with Crippen molar-refractivity contribution in [3.8, 4) is 22.6 Å². The van der Waals surface area contributed by atoms with Crippen LogP contribution in [0.2, 0.25) is 0 Å². The summed E-state index contributed by atoms with van der Waals surface area (Å²) in [5, 5.41) is 11.1. The predicted octanol–water partition coefficient (Wildman–Crippen LogP) is 3.90. The Balaban J connectivity index is 1.51. The number of hydrogen-bond acceptors (Lipinski definition) is 6. The summed E-state index contributed by atoms with van der Waals surface area (Å²) in [5.74, 6) is 1.54. The number of nitrogens with one attached hydrogen (secondary N) is 2. The number of nitrogens with zero attached hydrogens (tertiary/aromatic N) is 3. The highest BCUT2D eigenvalue weighted by atomic mass is 16.5. The quantitative estimate of drug-likeness (QED) is 0.335. The number of methoxy groups -OCH3 is 2. The molecule has 3 heterocycles. The van der Waals surface area contributed by atoms with Gasteiger partial charge in [0.2, 0.25) is 0 Å².